The van der Waals surface area contributed by atoms with Gasteiger partial charge in [0.25, 0.3) is 0 Å². The van der Waals surface area contributed by atoms with Gasteiger partial charge in [-0.2, -0.15) is 0 Å². The van der Waals surface area contributed by atoms with E-state index in [2.05, 4.69) is 31.4 Å². The quantitative estimate of drug-likeness (QED) is 0.166. The van der Waals surface area contributed by atoms with Crippen LogP contribution in [0.1, 0.15) is 56.6 Å². The van der Waals surface area contributed by atoms with Crippen LogP contribution in [0.2, 0.25) is 0 Å². The fraction of sp³-hybridized carbons (Fsp3) is 0.485. The summed E-state index contributed by atoms with van der Waals surface area (Å²) in [6, 6.07) is 7.94. The molecule has 1 aromatic rings. The Hall–Kier alpha value is -2.95. The molecule has 39 heavy (non-hydrogen) atoms. The molecule has 1 aromatic carbocycles. The van der Waals surface area contributed by atoms with Crippen molar-refractivity contribution in [3.8, 4) is 11.8 Å². The summed E-state index contributed by atoms with van der Waals surface area (Å²) in [6.45, 7) is 8.68. The molecule has 6 heteroatoms. The second kappa shape index (κ2) is 16.2. The maximum Gasteiger partial charge on any atom is 0.384 e. The van der Waals surface area contributed by atoms with Gasteiger partial charge in [-0.3, -0.25) is 0 Å². The van der Waals surface area contributed by atoms with Crippen molar-refractivity contribution in [1.29, 1.82) is 0 Å². The first-order chi connectivity index (χ1) is 18.8. The van der Waals surface area contributed by atoms with Gasteiger partial charge in [-0.15, -0.1) is 0 Å². The lowest BCUT2D eigenvalue weighted by Crippen LogP contribution is -2.29. The van der Waals surface area contributed by atoms with Crippen molar-refractivity contribution in [3.63, 3.8) is 0 Å². The number of carbonyl (C=O) groups is 1. The number of cyclic esters (lactones) is 1. The highest BCUT2D eigenvalue weighted by Crippen LogP contribution is 2.26. The second-order valence-corrected chi connectivity index (χ2v) is 10.4. The predicted octanol–water partition coefficient (Wildman–Crippen LogP) is 5.70. The summed E-state index contributed by atoms with van der Waals surface area (Å²) in [7, 11) is 1.58. The normalized spacial score (nSPS) is 28.6. The van der Waals surface area contributed by atoms with Crippen molar-refractivity contribution in [2.75, 3.05) is 13.9 Å². The van der Waals surface area contributed by atoms with E-state index in [1.165, 1.54) is 0 Å². The molecule has 0 aliphatic carbocycles. The van der Waals surface area contributed by atoms with Crippen molar-refractivity contribution in [2.45, 2.75) is 82.9 Å². The number of aryl methyl sites for hydroxylation is 1. The Bertz CT molecular complexity index is 1090. The third-order valence-electron chi connectivity index (χ3n) is 6.69. The summed E-state index contributed by atoms with van der Waals surface area (Å²) in [5.74, 6) is 5.20. The van der Waals surface area contributed by atoms with E-state index < -0.39 is 18.2 Å². The molecule has 0 unspecified atom stereocenters. The number of esters is 1. The molecular formula is C33H42O6. The summed E-state index contributed by atoms with van der Waals surface area (Å²) in [4.78, 5) is 12.6. The van der Waals surface area contributed by atoms with Gasteiger partial charge in [0.15, 0.2) is 0 Å². The van der Waals surface area contributed by atoms with Crippen molar-refractivity contribution < 1.29 is 28.8 Å². The minimum atomic E-state index is -1.02. The molecule has 0 saturated heterocycles. The molecule has 210 valence electrons. The first-order valence-electron chi connectivity index (χ1n) is 13.7. The Kier molecular flexibility index (Phi) is 12.7. The zero-order valence-corrected chi connectivity index (χ0v) is 23.4. The third-order valence-corrected chi connectivity index (χ3v) is 6.69. The molecule has 6 atom stereocenters. The minimum Gasteiger partial charge on any atom is -0.449 e. The maximum absolute atomic E-state index is 12.6. The number of aliphatic hydroxyl groups is 1. The first-order valence-corrected chi connectivity index (χ1v) is 13.7. The monoisotopic (exact) mass is 534 g/mol. The van der Waals surface area contributed by atoms with Crippen LogP contribution in [0.5, 0.6) is 0 Å². The molecule has 2 aliphatic heterocycles. The summed E-state index contributed by atoms with van der Waals surface area (Å²) in [6.07, 6.45) is 13.2. The van der Waals surface area contributed by atoms with E-state index in [1.54, 1.807) is 13.2 Å². The molecule has 2 heterocycles. The SMILES string of the molecule is C=C1C[C@H](C)C[C@@H]2CC=C[C@@H](CC#CC(=O)O[C@H]([C@@H](O)/C=C/c3cccc(C)c3)C/C=C/[C@@H](OCOC)C1)O2. The zero-order valence-electron chi connectivity index (χ0n) is 23.4. The van der Waals surface area contributed by atoms with Crippen molar-refractivity contribution in [2.24, 2.45) is 5.92 Å². The lowest BCUT2D eigenvalue weighted by molar-refractivity contribution is -0.145. The Labute approximate surface area is 233 Å². The number of methoxy groups -OCH3 is 1. The van der Waals surface area contributed by atoms with Gasteiger partial charge in [-0.05, 0) is 44.1 Å². The van der Waals surface area contributed by atoms with E-state index in [1.807, 2.05) is 55.5 Å². The van der Waals surface area contributed by atoms with Gasteiger partial charge < -0.3 is 24.1 Å². The lowest BCUT2D eigenvalue weighted by atomic mass is 9.91. The molecule has 0 radical (unpaired) electrons. The van der Waals surface area contributed by atoms with Crippen LogP contribution in [0.4, 0.5) is 0 Å². The number of carbonyl (C=O) groups excluding carboxylic acids is 1. The summed E-state index contributed by atoms with van der Waals surface area (Å²) < 4.78 is 22.8. The van der Waals surface area contributed by atoms with Crippen molar-refractivity contribution >= 4 is 12.0 Å². The molecule has 3 rings (SSSR count). The highest BCUT2D eigenvalue weighted by Gasteiger charge is 2.23. The van der Waals surface area contributed by atoms with Crippen LogP contribution in [-0.2, 0) is 23.7 Å². The van der Waals surface area contributed by atoms with Gasteiger partial charge in [0, 0.05) is 25.9 Å². The summed E-state index contributed by atoms with van der Waals surface area (Å²) >= 11 is 0. The van der Waals surface area contributed by atoms with Crippen LogP contribution in [0, 0.1) is 24.7 Å². The number of hydrogen-bond donors (Lipinski definition) is 1. The number of benzene rings is 1. The first kappa shape index (κ1) is 30.6. The van der Waals surface area contributed by atoms with E-state index in [-0.39, 0.29) is 25.1 Å². The highest BCUT2D eigenvalue weighted by atomic mass is 16.7. The van der Waals surface area contributed by atoms with Gasteiger partial charge in [0.1, 0.15) is 19.0 Å². The molecular weight excluding hydrogens is 492 g/mol. The van der Waals surface area contributed by atoms with E-state index in [0.717, 1.165) is 36.0 Å². The number of rotatable bonds is 6. The van der Waals surface area contributed by atoms with Gasteiger partial charge in [-0.1, -0.05) is 91.3 Å². The van der Waals surface area contributed by atoms with Gasteiger partial charge in [0.2, 0.25) is 0 Å². The maximum atomic E-state index is 12.6. The van der Waals surface area contributed by atoms with E-state index >= 15 is 0 Å². The molecule has 0 saturated carbocycles. The van der Waals surface area contributed by atoms with Crippen molar-refractivity contribution in [1.82, 2.24) is 0 Å². The van der Waals surface area contributed by atoms with Gasteiger partial charge >= 0.3 is 5.97 Å². The number of fused-ring (bicyclic) bond motifs is 2. The van der Waals surface area contributed by atoms with E-state index in [9.17, 15) is 9.90 Å². The standard InChI is InChI=1S/C33H42O6/c1-24-9-5-10-27(20-24)17-18-31(34)32-15-7-13-29(37-23-36-4)21-25(2)19-26(3)22-30-14-6-11-28(38-30)12-8-16-33(35)39-32/h5-7,9-11,13,17-18,20,26,28-32,34H,2,12,14-15,19,21-23H2,1,3-4H3/b13-7+,18-17+/t26-,28-,29+,30-,31-,32-/m0/s1. The van der Waals surface area contributed by atoms with Crippen LogP contribution in [0.15, 0.2) is 66.8 Å². The van der Waals surface area contributed by atoms with Crippen LogP contribution in [-0.4, -0.2) is 55.5 Å². The van der Waals surface area contributed by atoms with Crippen LogP contribution < -0.4 is 0 Å². The number of ether oxygens (including phenoxy) is 4. The van der Waals surface area contributed by atoms with Crippen LogP contribution in [0.3, 0.4) is 0 Å². The third kappa shape index (κ3) is 11.4. The van der Waals surface area contributed by atoms with E-state index in [0.29, 0.717) is 25.2 Å². The summed E-state index contributed by atoms with van der Waals surface area (Å²) in [5.41, 5.74) is 3.16. The summed E-state index contributed by atoms with van der Waals surface area (Å²) in [5, 5.41) is 10.9. The minimum absolute atomic E-state index is 0.107. The Morgan fingerprint density at radius 1 is 1.23 bits per heavy atom. The average Bonchev–Trinajstić information content (AvgIpc) is 2.89. The fourth-order valence-corrected chi connectivity index (χ4v) is 4.85. The number of aliphatic hydroxyl groups excluding tert-OH is 1. The topological polar surface area (TPSA) is 74.2 Å². The fourth-order valence-electron chi connectivity index (χ4n) is 4.85. The van der Waals surface area contributed by atoms with Gasteiger partial charge in [-0.25, -0.2) is 4.79 Å². The zero-order chi connectivity index (χ0) is 28.0. The molecule has 2 aliphatic rings. The molecule has 2 bridgehead atoms. The molecule has 0 fully saturated rings. The Balaban J connectivity index is 1.80. The molecule has 6 nitrogen and oxygen atoms in total. The van der Waals surface area contributed by atoms with E-state index in [4.69, 9.17) is 18.9 Å². The number of hydrogen-bond acceptors (Lipinski definition) is 6. The lowest BCUT2D eigenvalue weighted by Gasteiger charge is -2.28. The smallest absolute Gasteiger partial charge is 0.384 e. The highest BCUT2D eigenvalue weighted by molar-refractivity contribution is 5.88. The Morgan fingerprint density at radius 3 is 2.85 bits per heavy atom. The molecule has 0 spiro atoms. The van der Waals surface area contributed by atoms with Crippen LogP contribution in [0.25, 0.3) is 6.08 Å². The largest absolute Gasteiger partial charge is 0.449 e. The van der Waals surface area contributed by atoms with Gasteiger partial charge in [0.05, 0.1) is 18.3 Å². The van der Waals surface area contributed by atoms with Crippen LogP contribution >= 0.6 is 0 Å². The second-order valence-electron chi connectivity index (χ2n) is 10.4. The molecule has 1 N–H and O–H groups in total. The molecule has 0 aromatic heterocycles. The Morgan fingerprint density at radius 2 is 2.05 bits per heavy atom. The molecule has 0 amide bonds. The average molecular weight is 535 g/mol. The predicted molar refractivity (Wildman–Crippen MR) is 154 cm³/mol. The van der Waals surface area contributed by atoms with Crippen molar-refractivity contribution in [3.05, 3.63) is 77.9 Å².